The molecule has 2 aliphatic heterocycles. The number of aromatic hydroxyl groups is 1. The minimum atomic E-state index is -1.00. The van der Waals surface area contributed by atoms with E-state index in [1.807, 2.05) is 42.2 Å². The van der Waals surface area contributed by atoms with Crippen LogP contribution in [0.5, 0.6) is 5.75 Å². The number of phenolic OH excluding ortho intramolecular Hbond substituents is 1. The number of ether oxygens (including phenoxy) is 1. The number of benzene rings is 1. The van der Waals surface area contributed by atoms with Crippen molar-refractivity contribution >= 4 is 11.9 Å². The molecule has 2 unspecified atom stereocenters. The molecular formula is C35H51N5O4. The SMILES string of the molecule is CCOC(=O)CCCN1CCCN(C(=O)C2=CC(C(N)(c3cccc(O)c3)N3CCN(CC4CC4)CC3C)=CCC=C2)CC1. The lowest BCUT2D eigenvalue weighted by atomic mass is 9.86. The van der Waals surface area contributed by atoms with Gasteiger partial charge in [-0.3, -0.25) is 14.5 Å². The molecule has 2 atom stereocenters. The van der Waals surface area contributed by atoms with Crippen molar-refractivity contribution in [3.63, 3.8) is 0 Å². The maximum atomic E-state index is 14.0. The largest absolute Gasteiger partial charge is 0.508 e. The van der Waals surface area contributed by atoms with E-state index in [4.69, 9.17) is 10.5 Å². The van der Waals surface area contributed by atoms with Crippen LogP contribution in [0.3, 0.4) is 0 Å². The first-order chi connectivity index (χ1) is 21.3. The number of rotatable bonds is 11. The first-order valence-corrected chi connectivity index (χ1v) is 16.6. The number of carbonyl (C=O) groups is 2. The van der Waals surface area contributed by atoms with Crippen LogP contribution in [0.25, 0.3) is 0 Å². The Morgan fingerprint density at radius 2 is 1.91 bits per heavy atom. The third kappa shape index (κ3) is 7.99. The van der Waals surface area contributed by atoms with E-state index < -0.39 is 5.66 Å². The number of nitrogens with two attached hydrogens (primary N) is 1. The van der Waals surface area contributed by atoms with Crippen LogP contribution in [0.4, 0.5) is 0 Å². The summed E-state index contributed by atoms with van der Waals surface area (Å²) in [6, 6.07) is 7.47. The van der Waals surface area contributed by atoms with Crippen molar-refractivity contribution in [2.75, 3.05) is 65.5 Å². The molecule has 1 amide bonds. The van der Waals surface area contributed by atoms with Gasteiger partial charge in [0.1, 0.15) is 11.4 Å². The number of amides is 1. The Morgan fingerprint density at radius 3 is 2.66 bits per heavy atom. The predicted molar refractivity (Wildman–Crippen MR) is 173 cm³/mol. The van der Waals surface area contributed by atoms with Gasteiger partial charge in [0.05, 0.1) is 6.61 Å². The molecule has 2 saturated heterocycles. The highest BCUT2D eigenvalue weighted by molar-refractivity contribution is 5.97. The molecule has 2 aliphatic carbocycles. The van der Waals surface area contributed by atoms with Gasteiger partial charge in [-0.2, -0.15) is 0 Å². The number of piperazine rings is 1. The molecule has 0 bridgehead atoms. The Labute approximate surface area is 263 Å². The van der Waals surface area contributed by atoms with Crippen molar-refractivity contribution in [2.45, 2.75) is 64.1 Å². The van der Waals surface area contributed by atoms with Crippen molar-refractivity contribution in [1.82, 2.24) is 19.6 Å². The van der Waals surface area contributed by atoms with Gasteiger partial charge in [0.15, 0.2) is 0 Å². The van der Waals surface area contributed by atoms with E-state index in [-0.39, 0.29) is 23.7 Å². The molecular weight excluding hydrogens is 554 g/mol. The third-order valence-electron chi connectivity index (χ3n) is 9.47. The van der Waals surface area contributed by atoms with Crippen molar-refractivity contribution in [3.8, 4) is 5.75 Å². The Hall–Kier alpha value is -2.98. The van der Waals surface area contributed by atoms with Crippen LogP contribution >= 0.6 is 0 Å². The van der Waals surface area contributed by atoms with Crippen LogP contribution in [0.15, 0.2) is 59.7 Å². The molecule has 3 fully saturated rings. The fourth-order valence-corrected chi connectivity index (χ4v) is 6.95. The van der Waals surface area contributed by atoms with E-state index in [9.17, 15) is 14.7 Å². The normalized spacial score (nSPS) is 23.7. The van der Waals surface area contributed by atoms with Gasteiger partial charge < -0.3 is 30.3 Å². The summed E-state index contributed by atoms with van der Waals surface area (Å²) < 4.78 is 5.06. The third-order valence-corrected chi connectivity index (χ3v) is 9.47. The van der Waals surface area contributed by atoms with Gasteiger partial charge in [0, 0.05) is 63.8 Å². The van der Waals surface area contributed by atoms with Crippen molar-refractivity contribution in [1.29, 1.82) is 0 Å². The minimum Gasteiger partial charge on any atom is -0.508 e. The number of hydrogen-bond acceptors (Lipinski definition) is 8. The quantitative estimate of drug-likeness (QED) is 0.369. The molecule has 4 aliphatic rings. The molecule has 1 aromatic rings. The standard InChI is InChI=1S/C35H51N5O4/c1-3-44-33(42)13-7-16-37-17-8-18-39(21-19-37)34(43)29-9-4-5-10-30(23-29)35(36,31-11-6-12-32(41)24-31)40-22-20-38(25-27(40)2)26-28-14-15-28/h4,6,9-12,23-24,27-28,41H,3,5,7-8,13-22,25-26,36H2,1-2H3. The molecule has 0 radical (unpaired) electrons. The maximum absolute atomic E-state index is 14.0. The Morgan fingerprint density at radius 1 is 1.09 bits per heavy atom. The van der Waals surface area contributed by atoms with Crippen LogP contribution in [0.2, 0.25) is 0 Å². The summed E-state index contributed by atoms with van der Waals surface area (Å²) in [5.74, 6) is 0.890. The van der Waals surface area contributed by atoms with E-state index in [0.29, 0.717) is 38.1 Å². The topological polar surface area (TPSA) is 103 Å². The number of hydrogen-bond donors (Lipinski definition) is 2. The number of phenols is 1. The summed E-state index contributed by atoms with van der Waals surface area (Å²) in [5.41, 5.74) is 8.86. The maximum Gasteiger partial charge on any atom is 0.305 e. The highest BCUT2D eigenvalue weighted by Gasteiger charge is 2.43. The predicted octanol–water partition coefficient (Wildman–Crippen LogP) is 3.61. The van der Waals surface area contributed by atoms with Crippen LogP contribution in [-0.2, 0) is 20.0 Å². The second kappa shape index (κ2) is 14.9. The monoisotopic (exact) mass is 605 g/mol. The fourth-order valence-electron chi connectivity index (χ4n) is 6.95. The van der Waals surface area contributed by atoms with Crippen molar-refractivity contribution < 1.29 is 19.4 Å². The molecule has 9 nitrogen and oxygen atoms in total. The zero-order chi connectivity index (χ0) is 31.1. The lowest BCUT2D eigenvalue weighted by Gasteiger charge is -2.50. The second-order valence-electron chi connectivity index (χ2n) is 12.9. The van der Waals surface area contributed by atoms with E-state index in [0.717, 1.165) is 75.7 Å². The van der Waals surface area contributed by atoms with Crippen LogP contribution in [-0.4, -0.2) is 108 Å². The van der Waals surface area contributed by atoms with Crippen molar-refractivity contribution in [3.05, 3.63) is 65.3 Å². The van der Waals surface area contributed by atoms with E-state index >= 15 is 0 Å². The Bertz CT molecular complexity index is 1260. The smallest absolute Gasteiger partial charge is 0.305 e. The number of carbonyl (C=O) groups excluding carboxylic acids is 2. The molecule has 0 aromatic heterocycles. The summed E-state index contributed by atoms with van der Waals surface area (Å²) in [4.78, 5) is 35.0. The summed E-state index contributed by atoms with van der Waals surface area (Å²) in [7, 11) is 0. The van der Waals surface area contributed by atoms with E-state index in [1.54, 1.807) is 12.1 Å². The van der Waals surface area contributed by atoms with E-state index in [1.165, 1.54) is 12.8 Å². The minimum absolute atomic E-state index is 0.0167. The molecule has 44 heavy (non-hydrogen) atoms. The Balaban J connectivity index is 1.32. The molecule has 0 spiro atoms. The number of nitrogens with zero attached hydrogens (tertiary/aromatic N) is 4. The average Bonchev–Trinajstić information content (AvgIpc) is 3.86. The average molecular weight is 606 g/mol. The van der Waals surface area contributed by atoms with Crippen LogP contribution in [0, 0.1) is 5.92 Å². The molecule has 9 heteroatoms. The van der Waals surface area contributed by atoms with Crippen LogP contribution in [0.1, 0.15) is 57.9 Å². The molecule has 2 heterocycles. The van der Waals surface area contributed by atoms with Gasteiger partial charge >= 0.3 is 5.97 Å². The molecule has 3 N–H and O–H groups in total. The molecule has 1 aromatic carbocycles. The second-order valence-corrected chi connectivity index (χ2v) is 12.9. The van der Waals surface area contributed by atoms with Crippen LogP contribution < -0.4 is 5.73 Å². The first kappa shape index (κ1) is 32.4. The van der Waals surface area contributed by atoms with Gasteiger partial charge in [0.2, 0.25) is 0 Å². The van der Waals surface area contributed by atoms with Gasteiger partial charge in [-0.1, -0.05) is 30.4 Å². The lowest BCUT2D eigenvalue weighted by Crippen LogP contribution is -2.64. The lowest BCUT2D eigenvalue weighted by molar-refractivity contribution is -0.143. The molecule has 240 valence electrons. The molecule has 1 saturated carbocycles. The highest BCUT2D eigenvalue weighted by atomic mass is 16.5. The summed E-state index contributed by atoms with van der Waals surface area (Å²) >= 11 is 0. The van der Waals surface area contributed by atoms with Gasteiger partial charge in [-0.05, 0) is 94.3 Å². The van der Waals surface area contributed by atoms with Gasteiger partial charge in [0.25, 0.3) is 5.91 Å². The van der Waals surface area contributed by atoms with Gasteiger partial charge in [-0.15, -0.1) is 0 Å². The fraction of sp³-hybridized carbons (Fsp3) is 0.600. The zero-order valence-corrected chi connectivity index (χ0v) is 26.6. The number of allylic oxidation sites excluding steroid dienone is 2. The van der Waals surface area contributed by atoms with Gasteiger partial charge in [-0.25, -0.2) is 0 Å². The van der Waals surface area contributed by atoms with E-state index in [2.05, 4.69) is 27.7 Å². The molecule has 5 rings (SSSR count). The summed E-state index contributed by atoms with van der Waals surface area (Å²) in [5, 5.41) is 10.5. The van der Waals surface area contributed by atoms with Crippen molar-refractivity contribution in [2.24, 2.45) is 11.7 Å². The first-order valence-electron chi connectivity index (χ1n) is 16.6. The highest BCUT2D eigenvalue weighted by Crippen LogP contribution is 2.38. The zero-order valence-electron chi connectivity index (χ0n) is 26.6. The summed E-state index contributed by atoms with van der Waals surface area (Å²) in [6.45, 7) is 12.2. The summed E-state index contributed by atoms with van der Waals surface area (Å²) in [6.07, 6.45) is 13.5. The Kier molecular flexibility index (Phi) is 11.0. The number of esters is 1.